The largest absolute Gasteiger partial charge is 0.350 e. The van der Waals surface area contributed by atoms with Gasteiger partial charge in [0.05, 0.1) is 0 Å². The van der Waals surface area contributed by atoms with Crippen molar-refractivity contribution in [2.45, 2.75) is 25.6 Å². The lowest BCUT2D eigenvalue weighted by molar-refractivity contribution is -0.125. The molecule has 1 aliphatic rings. The maximum absolute atomic E-state index is 13.1. The molecule has 3 aromatic rings. The summed E-state index contributed by atoms with van der Waals surface area (Å²) in [6.07, 6.45) is 3.90. The number of hydrogen-bond donors (Lipinski definition) is 1. The molecular weight excluding hydrogens is 350 g/mol. The number of nitrogens with one attached hydrogen (secondary N) is 1. The van der Waals surface area contributed by atoms with E-state index in [1.807, 2.05) is 66.7 Å². The van der Waals surface area contributed by atoms with Crippen molar-refractivity contribution in [3.8, 4) is 0 Å². The standard InChI is InChI=1S/C23H21N3O2/c27-22(25-15-18-9-6-12-24-14-18)21(13-17-7-2-1-3-8-17)26-16-19-10-4-5-11-20(19)23(26)28/h1-12,14,21H,13,15-16H2,(H,25,27). The normalized spacial score (nSPS) is 13.9. The van der Waals surface area contributed by atoms with Crippen LogP contribution in [0.25, 0.3) is 0 Å². The summed E-state index contributed by atoms with van der Waals surface area (Å²) in [6, 6.07) is 20.5. The van der Waals surface area contributed by atoms with Gasteiger partial charge in [0.1, 0.15) is 6.04 Å². The molecule has 0 saturated carbocycles. The van der Waals surface area contributed by atoms with Crippen molar-refractivity contribution in [1.29, 1.82) is 0 Å². The van der Waals surface area contributed by atoms with E-state index in [-0.39, 0.29) is 11.8 Å². The van der Waals surface area contributed by atoms with Crippen molar-refractivity contribution in [3.05, 3.63) is 101 Å². The first kappa shape index (κ1) is 17.9. The van der Waals surface area contributed by atoms with E-state index < -0.39 is 6.04 Å². The third-order valence-corrected chi connectivity index (χ3v) is 4.99. The highest BCUT2D eigenvalue weighted by atomic mass is 16.2. The van der Waals surface area contributed by atoms with Crippen LogP contribution in [-0.2, 0) is 24.3 Å². The molecule has 1 unspecified atom stereocenters. The van der Waals surface area contributed by atoms with Crippen molar-refractivity contribution < 1.29 is 9.59 Å². The van der Waals surface area contributed by atoms with Gasteiger partial charge in [0.15, 0.2) is 0 Å². The topological polar surface area (TPSA) is 62.3 Å². The minimum atomic E-state index is -0.570. The SMILES string of the molecule is O=C(NCc1cccnc1)C(Cc1ccccc1)N1Cc2ccccc2C1=O. The fourth-order valence-electron chi connectivity index (χ4n) is 3.52. The summed E-state index contributed by atoms with van der Waals surface area (Å²) < 4.78 is 0. The van der Waals surface area contributed by atoms with Crippen LogP contribution in [-0.4, -0.2) is 27.7 Å². The van der Waals surface area contributed by atoms with Gasteiger partial charge in [-0.2, -0.15) is 0 Å². The predicted octanol–water partition coefficient (Wildman–Crippen LogP) is 2.97. The molecule has 0 fully saturated rings. The molecule has 1 N–H and O–H groups in total. The summed E-state index contributed by atoms with van der Waals surface area (Å²) in [5, 5.41) is 2.97. The molecule has 2 heterocycles. The quantitative estimate of drug-likeness (QED) is 0.725. The number of hydrogen-bond acceptors (Lipinski definition) is 3. The highest BCUT2D eigenvalue weighted by molar-refractivity contribution is 6.01. The Hall–Kier alpha value is -3.47. The van der Waals surface area contributed by atoms with Gasteiger partial charge in [-0.15, -0.1) is 0 Å². The Morgan fingerprint density at radius 2 is 1.75 bits per heavy atom. The van der Waals surface area contributed by atoms with Gasteiger partial charge < -0.3 is 10.2 Å². The second-order valence-corrected chi connectivity index (χ2v) is 6.87. The number of fused-ring (bicyclic) bond motifs is 1. The van der Waals surface area contributed by atoms with Gasteiger partial charge in [-0.1, -0.05) is 54.6 Å². The van der Waals surface area contributed by atoms with Gasteiger partial charge in [-0.25, -0.2) is 0 Å². The molecule has 0 spiro atoms. The third kappa shape index (κ3) is 3.78. The summed E-state index contributed by atoms with van der Waals surface area (Å²) >= 11 is 0. The van der Waals surface area contributed by atoms with E-state index >= 15 is 0 Å². The van der Waals surface area contributed by atoms with Gasteiger partial charge >= 0.3 is 0 Å². The van der Waals surface area contributed by atoms with Crippen molar-refractivity contribution in [3.63, 3.8) is 0 Å². The zero-order chi connectivity index (χ0) is 19.3. The van der Waals surface area contributed by atoms with Crippen LogP contribution in [0.2, 0.25) is 0 Å². The number of benzene rings is 2. The van der Waals surface area contributed by atoms with Crippen LogP contribution < -0.4 is 5.32 Å². The Kier molecular flexibility index (Phi) is 5.15. The monoisotopic (exact) mass is 371 g/mol. The molecular formula is C23H21N3O2. The van der Waals surface area contributed by atoms with Gasteiger partial charge in [0, 0.05) is 37.5 Å². The lowest BCUT2D eigenvalue weighted by Gasteiger charge is -2.27. The Labute approximate surface area is 164 Å². The average molecular weight is 371 g/mol. The number of carbonyl (C=O) groups excluding carboxylic acids is 2. The van der Waals surface area contributed by atoms with Gasteiger partial charge in [-0.3, -0.25) is 14.6 Å². The van der Waals surface area contributed by atoms with E-state index in [2.05, 4.69) is 10.3 Å². The summed E-state index contributed by atoms with van der Waals surface area (Å²) in [5.74, 6) is -0.248. The minimum Gasteiger partial charge on any atom is -0.350 e. The molecule has 1 atom stereocenters. The van der Waals surface area contributed by atoms with Gasteiger partial charge in [0.25, 0.3) is 5.91 Å². The molecule has 1 aromatic heterocycles. The Morgan fingerprint density at radius 1 is 1.00 bits per heavy atom. The summed E-state index contributed by atoms with van der Waals surface area (Å²) in [6.45, 7) is 0.833. The van der Waals surface area contributed by atoms with Crippen molar-refractivity contribution >= 4 is 11.8 Å². The van der Waals surface area contributed by atoms with E-state index in [0.717, 1.165) is 16.7 Å². The molecule has 0 bridgehead atoms. The highest BCUT2D eigenvalue weighted by Gasteiger charge is 2.36. The zero-order valence-electron chi connectivity index (χ0n) is 15.4. The van der Waals surface area contributed by atoms with Crippen LogP contribution in [0.3, 0.4) is 0 Å². The molecule has 5 nitrogen and oxygen atoms in total. The smallest absolute Gasteiger partial charge is 0.255 e. The molecule has 0 saturated heterocycles. The molecule has 5 heteroatoms. The molecule has 0 radical (unpaired) electrons. The number of pyridine rings is 1. The van der Waals surface area contributed by atoms with Crippen LogP contribution in [0.4, 0.5) is 0 Å². The molecule has 140 valence electrons. The van der Waals surface area contributed by atoms with E-state index in [9.17, 15) is 9.59 Å². The summed E-state index contributed by atoms with van der Waals surface area (Å²) in [5.41, 5.74) is 3.59. The molecule has 1 aliphatic heterocycles. The van der Waals surface area contributed by atoms with Gasteiger partial charge in [0.2, 0.25) is 5.91 Å². The van der Waals surface area contributed by atoms with E-state index in [1.54, 1.807) is 17.3 Å². The Bertz CT molecular complexity index is 973. The van der Waals surface area contributed by atoms with E-state index in [1.165, 1.54) is 0 Å². The second kappa shape index (κ2) is 8.05. The number of carbonyl (C=O) groups is 2. The van der Waals surface area contributed by atoms with Crippen LogP contribution >= 0.6 is 0 Å². The molecule has 2 amide bonds. The van der Waals surface area contributed by atoms with Crippen LogP contribution in [0, 0.1) is 0 Å². The number of amides is 2. The molecule has 4 rings (SSSR count). The number of nitrogens with zero attached hydrogens (tertiary/aromatic N) is 2. The fraction of sp³-hybridized carbons (Fsp3) is 0.174. The van der Waals surface area contributed by atoms with Crippen molar-refractivity contribution in [1.82, 2.24) is 15.2 Å². The van der Waals surface area contributed by atoms with Crippen LogP contribution in [0.1, 0.15) is 27.0 Å². The van der Waals surface area contributed by atoms with Gasteiger partial charge in [-0.05, 0) is 28.8 Å². The number of rotatable bonds is 6. The molecule has 0 aliphatic carbocycles. The van der Waals surface area contributed by atoms with Crippen LogP contribution in [0.5, 0.6) is 0 Å². The fourth-order valence-corrected chi connectivity index (χ4v) is 3.52. The predicted molar refractivity (Wildman–Crippen MR) is 106 cm³/mol. The zero-order valence-corrected chi connectivity index (χ0v) is 15.4. The van der Waals surface area contributed by atoms with E-state index in [0.29, 0.717) is 25.1 Å². The maximum atomic E-state index is 13.1. The Morgan fingerprint density at radius 3 is 2.50 bits per heavy atom. The van der Waals surface area contributed by atoms with Crippen LogP contribution in [0.15, 0.2) is 79.1 Å². The van der Waals surface area contributed by atoms with E-state index in [4.69, 9.17) is 0 Å². The summed E-state index contributed by atoms with van der Waals surface area (Å²) in [4.78, 5) is 31.8. The van der Waals surface area contributed by atoms with Crippen molar-refractivity contribution in [2.75, 3.05) is 0 Å². The molecule has 2 aromatic carbocycles. The highest BCUT2D eigenvalue weighted by Crippen LogP contribution is 2.26. The maximum Gasteiger partial charge on any atom is 0.255 e. The second-order valence-electron chi connectivity index (χ2n) is 6.87. The third-order valence-electron chi connectivity index (χ3n) is 4.99. The first-order chi connectivity index (χ1) is 13.7. The lowest BCUT2D eigenvalue weighted by atomic mass is 10.0. The summed E-state index contributed by atoms with van der Waals surface area (Å²) in [7, 11) is 0. The molecule has 28 heavy (non-hydrogen) atoms. The van der Waals surface area contributed by atoms with Crippen molar-refractivity contribution in [2.24, 2.45) is 0 Å². The Balaban J connectivity index is 1.55. The first-order valence-corrected chi connectivity index (χ1v) is 9.32. The lowest BCUT2D eigenvalue weighted by Crippen LogP contribution is -2.48. The first-order valence-electron chi connectivity index (χ1n) is 9.32. The number of aromatic nitrogens is 1. The minimum absolute atomic E-state index is 0.0898. The average Bonchev–Trinajstić information content (AvgIpc) is 3.08.